The summed E-state index contributed by atoms with van der Waals surface area (Å²) >= 11 is 0. The number of aryl methyl sites for hydroxylation is 1. The van der Waals surface area contributed by atoms with E-state index in [-0.39, 0.29) is 12.4 Å². The maximum Gasteiger partial charge on any atom is 0.123 e. The Bertz CT molecular complexity index is 747. The molecule has 0 unspecified atom stereocenters. The second-order valence-electron chi connectivity index (χ2n) is 4.49. The molecule has 1 heterocycles. The van der Waals surface area contributed by atoms with Gasteiger partial charge in [-0.15, -0.1) is 0 Å². The van der Waals surface area contributed by atoms with Crippen LogP contribution in [0, 0.1) is 6.92 Å². The average molecular weight is 254 g/mol. The highest BCUT2D eigenvalue weighted by Gasteiger charge is 2.09. The first kappa shape index (κ1) is 11.7. The summed E-state index contributed by atoms with van der Waals surface area (Å²) in [4.78, 5) is 0. The summed E-state index contributed by atoms with van der Waals surface area (Å²) < 4.78 is 1.74. The van der Waals surface area contributed by atoms with Gasteiger partial charge in [0.25, 0.3) is 0 Å². The minimum absolute atomic E-state index is 0.0259. The fourth-order valence-electron chi connectivity index (χ4n) is 2.25. The first-order chi connectivity index (χ1) is 9.20. The molecule has 2 N–H and O–H groups in total. The van der Waals surface area contributed by atoms with Crippen LogP contribution in [-0.4, -0.2) is 20.0 Å². The normalized spacial score (nSPS) is 11.1. The van der Waals surface area contributed by atoms with Crippen molar-refractivity contribution < 1.29 is 10.2 Å². The number of aliphatic hydroxyl groups excluding tert-OH is 1. The summed E-state index contributed by atoms with van der Waals surface area (Å²) in [5.74, 6) is 0.255. The second-order valence-corrected chi connectivity index (χ2v) is 4.49. The lowest BCUT2D eigenvalue weighted by Crippen LogP contribution is -1.96. The lowest BCUT2D eigenvalue weighted by atomic mass is 10.1. The second kappa shape index (κ2) is 4.40. The summed E-state index contributed by atoms with van der Waals surface area (Å²) in [6, 6.07) is 11.1. The molecular formula is C15H14N2O2. The van der Waals surface area contributed by atoms with E-state index in [1.54, 1.807) is 10.7 Å². The van der Waals surface area contributed by atoms with Gasteiger partial charge in [-0.05, 0) is 19.1 Å². The van der Waals surface area contributed by atoms with Crippen LogP contribution in [0.4, 0.5) is 0 Å². The molecule has 3 aromatic rings. The van der Waals surface area contributed by atoms with Gasteiger partial charge in [0.1, 0.15) is 5.75 Å². The molecule has 96 valence electrons. The van der Waals surface area contributed by atoms with Crippen LogP contribution in [0.3, 0.4) is 0 Å². The fraction of sp³-hybridized carbons (Fsp3) is 0.133. The Balaban J connectivity index is 2.27. The number of aromatic hydroxyl groups is 1. The van der Waals surface area contributed by atoms with Crippen LogP contribution in [0.25, 0.3) is 16.5 Å². The zero-order valence-electron chi connectivity index (χ0n) is 10.5. The van der Waals surface area contributed by atoms with Crippen LogP contribution in [-0.2, 0) is 6.61 Å². The van der Waals surface area contributed by atoms with Crippen LogP contribution >= 0.6 is 0 Å². The topological polar surface area (TPSA) is 58.3 Å². The van der Waals surface area contributed by atoms with E-state index in [0.29, 0.717) is 0 Å². The first-order valence-electron chi connectivity index (χ1n) is 6.08. The Morgan fingerprint density at radius 2 is 1.84 bits per heavy atom. The third kappa shape index (κ3) is 1.86. The number of aromatic nitrogens is 2. The van der Waals surface area contributed by atoms with Crippen molar-refractivity contribution in [1.29, 1.82) is 0 Å². The average Bonchev–Trinajstić information content (AvgIpc) is 2.80. The van der Waals surface area contributed by atoms with E-state index in [1.807, 2.05) is 43.5 Å². The van der Waals surface area contributed by atoms with Gasteiger partial charge in [0.05, 0.1) is 18.0 Å². The molecule has 4 nitrogen and oxygen atoms in total. The molecule has 0 aliphatic heterocycles. The van der Waals surface area contributed by atoms with E-state index in [0.717, 1.165) is 27.7 Å². The number of fused-ring (bicyclic) bond motifs is 1. The van der Waals surface area contributed by atoms with Crippen molar-refractivity contribution in [3.63, 3.8) is 0 Å². The summed E-state index contributed by atoms with van der Waals surface area (Å²) in [6.07, 6.45) is 1.81. The van der Waals surface area contributed by atoms with Gasteiger partial charge in [-0.25, -0.2) is 4.68 Å². The van der Waals surface area contributed by atoms with E-state index < -0.39 is 0 Å². The van der Waals surface area contributed by atoms with Crippen LogP contribution < -0.4 is 0 Å². The molecule has 0 radical (unpaired) electrons. The van der Waals surface area contributed by atoms with Gasteiger partial charge in [-0.3, -0.25) is 0 Å². The summed E-state index contributed by atoms with van der Waals surface area (Å²) in [7, 11) is 0. The number of aliphatic hydroxyl groups is 1. The van der Waals surface area contributed by atoms with E-state index in [1.165, 1.54) is 0 Å². The molecule has 4 heteroatoms. The predicted molar refractivity (Wildman–Crippen MR) is 73.4 cm³/mol. The molecule has 19 heavy (non-hydrogen) atoms. The SMILES string of the molecule is Cc1nn(-c2cccc3c(O)cccc23)cc1CO. The highest BCUT2D eigenvalue weighted by Crippen LogP contribution is 2.29. The summed E-state index contributed by atoms with van der Waals surface area (Å²) in [5.41, 5.74) is 2.49. The monoisotopic (exact) mass is 254 g/mol. The highest BCUT2D eigenvalue weighted by molar-refractivity contribution is 5.94. The first-order valence-corrected chi connectivity index (χ1v) is 6.08. The lowest BCUT2D eigenvalue weighted by Gasteiger charge is -2.07. The molecule has 0 aliphatic rings. The van der Waals surface area contributed by atoms with Gasteiger partial charge in [-0.2, -0.15) is 5.10 Å². The molecule has 0 fully saturated rings. The maximum absolute atomic E-state index is 9.88. The molecule has 1 aromatic heterocycles. The number of benzene rings is 2. The molecule has 0 spiro atoms. The van der Waals surface area contributed by atoms with E-state index in [9.17, 15) is 10.2 Å². The van der Waals surface area contributed by atoms with Gasteiger partial charge in [-0.1, -0.05) is 24.3 Å². The molecule has 0 amide bonds. The zero-order chi connectivity index (χ0) is 13.4. The minimum Gasteiger partial charge on any atom is -0.507 e. The Hall–Kier alpha value is -2.33. The molecule has 0 saturated heterocycles. The molecule has 3 rings (SSSR count). The lowest BCUT2D eigenvalue weighted by molar-refractivity contribution is 0.281. The summed E-state index contributed by atoms with van der Waals surface area (Å²) in [6.45, 7) is 1.84. The van der Waals surface area contributed by atoms with E-state index in [2.05, 4.69) is 5.10 Å². The number of hydrogen-bond donors (Lipinski definition) is 2. The fourth-order valence-corrected chi connectivity index (χ4v) is 2.25. The largest absolute Gasteiger partial charge is 0.507 e. The van der Waals surface area contributed by atoms with Crippen molar-refractivity contribution in [3.8, 4) is 11.4 Å². The standard InChI is InChI=1S/C15H14N2O2/c1-10-11(9-18)8-17(16-10)14-6-2-5-13-12(14)4-3-7-15(13)19/h2-8,18-19H,9H2,1H3. The van der Waals surface area contributed by atoms with Crippen LogP contribution in [0.2, 0.25) is 0 Å². The number of phenolic OH excluding ortho intramolecular Hbond substituents is 1. The van der Waals surface area contributed by atoms with Gasteiger partial charge in [0.2, 0.25) is 0 Å². The zero-order valence-corrected chi connectivity index (χ0v) is 10.5. The van der Waals surface area contributed by atoms with Gasteiger partial charge < -0.3 is 10.2 Å². The smallest absolute Gasteiger partial charge is 0.123 e. The molecule has 2 aromatic carbocycles. The van der Waals surface area contributed by atoms with E-state index >= 15 is 0 Å². The van der Waals surface area contributed by atoms with Crippen molar-refractivity contribution in [2.75, 3.05) is 0 Å². The van der Waals surface area contributed by atoms with E-state index in [4.69, 9.17) is 0 Å². The maximum atomic E-state index is 9.88. The van der Waals surface area contributed by atoms with Gasteiger partial charge >= 0.3 is 0 Å². The van der Waals surface area contributed by atoms with Crippen molar-refractivity contribution in [2.24, 2.45) is 0 Å². The van der Waals surface area contributed by atoms with Crippen molar-refractivity contribution in [3.05, 3.63) is 53.9 Å². The Morgan fingerprint density at radius 3 is 2.58 bits per heavy atom. The molecular weight excluding hydrogens is 240 g/mol. The third-order valence-corrected chi connectivity index (χ3v) is 3.29. The van der Waals surface area contributed by atoms with Gasteiger partial charge in [0.15, 0.2) is 0 Å². The molecule has 0 aliphatic carbocycles. The third-order valence-electron chi connectivity index (χ3n) is 3.29. The Labute approximate surface area is 110 Å². The molecule has 0 atom stereocenters. The van der Waals surface area contributed by atoms with Crippen LogP contribution in [0.5, 0.6) is 5.75 Å². The summed E-state index contributed by atoms with van der Waals surface area (Å²) in [5, 5.41) is 25.2. The number of hydrogen-bond acceptors (Lipinski definition) is 3. The highest BCUT2D eigenvalue weighted by atomic mass is 16.3. The Kier molecular flexibility index (Phi) is 2.72. The number of phenols is 1. The number of rotatable bonds is 2. The van der Waals surface area contributed by atoms with Crippen LogP contribution in [0.15, 0.2) is 42.6 Å². The van der Waals surface area contributed by atoms with Crippen LogP contribution in [0.1, 0.15) is 11.3 Å². The molecule has 0 saturated carbocycles. The van der Waals surface area contributed by atoms with Crippen molar-refractivity contribution >= 4 is 10.8 Å². The molecule has 0 bridgehead atoms. The Morgan fingerprint density at radius 1 is 1.11 bits per heavy atom. The van der Waals surface area contributed by atoms with Crippen molar-refractivity contribution in [2.45, 2.75) is 13.5 Å². The van der Waals surface area contributed by atoms with Crippen molar-refractivity contribution in [1.82, 2.24) is 9.78 Å². The minimum atomic E-state index is -0.0259. The van der Waals surface area contributed by atoms with Gasteiger partial charge in [0, 0.05) is 22.5 Å². The predicted octanol–water partition coefficient (Wildman–Crippen LogP) is 2.53. The number of nitrogens with zero attached hydrogens (tertiary/aromatic N) is 2. The quantitative estimate of drug-likeness (QED) is 0.738.